The van der Waals surface area contributed by atoms with Gasteiger partial charge in [0.15, 0.2) is 11.3 Å². The van der Waals surface area contributed by atoms with E-state index in [1.807, 2.05) is 58.2 Å². The van der Waals surface area contributed by atoms with Crippen molar-refractivity contribution in [3.63, 3.8) is 0 Å². The topological polar surface area (TPSA) is 139 Å². The number of fused-ring (bicyclic) bond motifs is 2. The number of nitrogens with zero attached hydrogens (tertiary/aromatic N) is 8. The quantitative estimate of drug-likeness (QED) is 0.0995. The third-order valence-electron chi connectivity index (χ3n) is 9.97. The monoisotopic (exact) mass is 992 g/mol. The van der Waals surface area contributed by atoms with Crippen LogP contribution in [0.3, 0.4) is 0 Å². The molecule has 4 aromatic heterocycles. The van der Waals surface area contributed by atoms with Crippen LogP contribution in [0.1, 0.15) is 91.0 Å². The standard InChI is InChI=1S/2C21H33BrN4O3Si/c1-21(2,3)29-20(27)25-9-7-8-17(25)19-24-16-12-15(22)13-23-18(16)26(19)14-28-10-11-30(4,5)6;1-21(2,3)29-20(27)25-9-7-8-16(25)19-24-18-17(12-15(22)13-23-18)26(19)14-28-10-11-30(4,5)6/h12-13,17H,7-11,14H2,1-6H3;12-13,16H,7-11,14H2,1-6H3/t17-;16-/m00/s1. The van der Waals surface area contributed by atoms with Gasteiger partial charge in [0, 0.05) is 63.8 Å². The molecule has 0 aromatic carbocycles. The molecule has 6 rings (SSSR count). The van der Waals surface area contributed by atoms with Gasteiger partial charge in [-0.3, -0.25) is 14.4 Å². The lowest BCUT2D eigenvalue weighted by Crippen LogP contribution is -2.37. The van der Waals surface area contributed by atoms with E-state index in [2.05, 4.69) is 85.7 Å². The van der Waals surface area contributed by atoms with Crippen LogP contribution in [0.25, 0.3) is 22.3 Å². The van der Waals surface area contributed by atoms with Crippen molar-refractivity contribution in [1.82, 2.24) is 38.9 Å². The van der Waals surface area contributed by atoms with Gasteiger partial charge >= 0.3 is 12.2 Å². The lowest BCUT2D eigenvalue weighted by molar-refractivity contribution is 0.0195. The van der Waals surface area contributed by atoms with E-state index in [0.717, 1.165) is 81.7 Å². The van der Waals surface area contributed by atoms with Crippen LogP contribution in [0, 0.1) is 0 Å². The first-order chi connectivity index (χ1) is 27.9. The largest absolute Gasteiger partial charge is 0.444 e. The van der Waals surface area contributed by atoms with Gasteiger partial charge < -0.3 is 23.5 Å². The maximum absolute atomic E-state index is 12.8. The minimum atomic E-state index is -1.17. The molecule has 0 N–H and O–H groups in total. The zero-order valence-corrected chi connectivity index (χ0v) is 42.9. The number of ether oxygens (including phenoxy) is 4. The van der Waals surface area contributed by atoms with Crippen LogP contribution in [0.4, 0.5) is 9.59 Å². The lowest BCUT2D eigenvalue weighted by atomic mass is 10.2. The van der Waals surface area contributed by atoms with Crippen molar-refractivity contribution in [3.05, 3.63) is 45.1 Å². The highest BCUT2D eigenvalue weighted by molar-refractivity contribution is 9.10. The number of pyridine rings is 2. The second kappa shape index (κ2) is 19.6. The number of imidazole rings is 2. The molecule has 2 aliphatic heterocycles. The Morgan fingerprint density at radius 1 is 0.700 bits per heavy atom. The van der Waals surface area contributed by atoms with Crippen molar-refractivity contribution in [2.24, 2.45) is 0 Å². The van der Waals surface area contributed by atoms with Gasteiger partial charge in [0.05, 0.1) is 17.6 Å². The summed E-state index contributed by atoms with van der Waals surface area (Å²) in [6.45, 7) is 28.9. The van der Waals surface area contributed by atoms with Gasteiger partial charge in [-0.05, 0) is 123 Å². The molecule has 0 unspecified atom stereocenters. The molecule has 2 saturated heterocycles. The molecule has 332 valence electrons. The first-order valence-corrected chi connectivity index (χ1v) is 30.1. The summed E-state index contributed by atoms with van der Waals surface area (Å²) >= 11 is 6.99. The number of likely N-dealkylation sites (tertiary alicyclic amines) is 2. The Kier molecular flexibility index (Phi) is 15.8. The van der Waals surface area contributed by atoms with Gasteiger partial charge in [0.2, 0.25) is 0 Å². The van der Waals surface area contributed by atoms with Crippen molar-refractivity contribution < 1.29 is 28.5 Å². The third-order valence-corrected chi connectivity index (χ3v) is 14.2. The maximum Gasteiger partial charge on any atom is 0.410 e. The fourth-order valence-electron chi connectivity index (χ4n) is 6.99. The first-order valence-electron chi connectivity index (χ1n) is 21.1. The highest BCUT2D eigenvalue weighted by Crippen LogP contribution is 2.36. The Hall–Kier alpha value is -2.91. The highest BCUT2D eigenvalue weighted by atomic mass is 79.9. The van der Waals surface area contributed by atoms with Crippen LogP contribution in [-0.2, 0) is 32.4 Å². The molecule has 0 radical (unpaired) electrons. The minimum Gasteiger partial charge on any atom is -0.444 e. The zero-order chi connectivity index (χ0) is 44.2. The predicted molar refractivity (Wildman–Crippen MR) is 248 cm³/mol. The molecule has 60 heavy (non-hydrogen) atoms. The van der Waals surface area contributed by atoms with Crippen molar-refractivity contribution >= 4 is 82.5 Å². The van der Waals surface area contributed by atoms with E-state index in [9.17, 15) is 9.59 Å². The Labute approximate surface area is 374 Å². The fraction of sp³-hybridized carbons (Fsp3) is 0.667. The number of carbonyl (C=O) groups excluding carboxylic acids is 2. The second-order valence-corrected chi connectivity index (χ2v) is 33.2. The fourth-order valence-corrected chi connectivity index (χ4v) is 9.14. The van der Waals surface area contributed by atoms with Crippen LogP contribution in [0.15, 0.2) is 33.5 Å². The molecule has 0 spiro atoms. The molecule has 18 heteroatoms. The first kappa shape index (κ1) is 48.1. The molecule has 2 atom stereocenters. The molecular weight excluding hydrogens is 928 g/mol. The number of hydrogen-bond acceptors (Lipinski definition) is 10. The highest BCUT2D eigenvalue weighted by Gasteiger charge is 2.38. The second-order valence-electron chi connectivity index (χ2n) is 20.1. The van der Waals surface area contributed by atoms with E-state index < -0.39 is 27.3 Å². The summed E-state index contributed by atoms with van der Waals surface area (Å²) in [4.78, 5) is 47.9. The van der Waals surface area contributed by atoms with Gasteiger partial charge in [-0.25, -0.2) is 29.5 Å². The van der Waals surface area contributed by atoms with E-state index >= 15 is 0 Å². The molecule has 0 bridgehead atoms. The van der Waals surface area contributed by atoms with Crippen molar-refractivity contribution in [2.45, 2.75) is 155 Å². The van der Waals surface area contributed by atoms with Crippen molar-refractivity contribution in [2.75, 3.05) is 26.3 Å². The van der Waals surface area contributed by atoms with Gasteiger partial charge in [-0.2, -0.15) is 0 Å². The molecular formula is C42H66Br2N8O6Si2. The minimum absolute atomic E-state index is 0.145. The number of hydrogen-bond donors (Lipinski definition) is 0. The molecule has 0 saturated carbocycles. The summed E-state index contributed by atoms with van der Waals surface area (Å²) in [5.41, 5.74) is 2.08. The lowest BCUT2D eigenvalue weighted by Gasteiger charge is -2.28. The van der Waals surface area contributed by atoms with E-state index in [4.69, 9.17) is 28.9 Å². The molecule has 0 aliphatic carbocycles. The predicted octanol–water partition coefficient (Wildman–Crippen LogP) is 11.2. The van der Waals surface area contributed by atoms with E-state index in [1.165, 1.54) is 0 Å². The average molecular weight is 995 g/mol. The SMILES string of the molecule is CC(C)(C)OC(=O)N1CCC[C@H]1c1nc2cc(Br)cnc2n1COCC[Si](C)(C)C.CC(C)(C)OC(=O)N1CCC[C@H]1c1nc2ncc(Br)cc2n1COCC[Si](C)(C)C. The summed E-state index contributed by atoms with van der Waals surface area (Å²) < 4.78 is 29.2. The molecule has 14 nitrogen and oxygen atoms in total. The summed E-state index contributed by atoms with van der Waals surface area (Å²) in [5, 5.41) is 0. The molecule has 2 fully saturated rings. The van der Waals surface area contributed by atoms with Gasteiger partial charge in [0.25, 0.3) is 0 Å². The third kappa shape index (κ3) is 13.5. The normalized spacial score (nSPS) is 17.7. The van der Waals surface area contributed by atoms with Gasteiger partial charge in [-0.15, -0.1) is 0 Å². The number of rotatable bonds is 12. The summed E-state index contributed by atoms with van der Waals surface area (Å²) in [6.07, 6.45) is 6.45. The van der Waals surface area contributed by atoms with Crippen molar-refractivity contribution in [3.8, 4) is 0 Å². The van der Waals surface area contributed by atoms with Crippen LogP contribution in [0.2, 0.25) is 51.4 Å². The van der Waals surface area contributed by atoms with Crippen LogP contribution < -0.4 is 0 Å². The van der Waals surface area contributed by atoms with Gasteiger partial charge in [0.1, 0.15) is 41.8 Å². The molecule has 2 amide bonds. The van der Waals surface area contributed by atoms with Crippen LogP contribution >= 0.6 is 31.9 Å². The van der Waals surface area contributed by atoms with Crippen LogP contribution in [0.5, 0.6) is 0 Å². The zero-order valence-electron chi connectivity index (χ0n) is 37.7. The number of halogens is 2. The smallest absolute Gasteiger partial charge is 0.410 e. The molecule has 4 aromatic rings. The maximum atomic E-state index is 12.8. The van der Waals surface area contributed by atoms with Crippen LogP contribution in [-0.4, -0.2) is 105 Å². The summed E-state index contributed by atoms with van der Waals surface area (Å²) in [6, 6.07) is 5.87. The van der Waals surface area contributed by atoms with Crippen molar-refractivity contribution in [1.29, 1.82) is 0 Å². The van der Waals surface area contributed by atoms with E-state index in [0.29, 0.717) is 38.8 Å². The Balaban J connectivity index is 0.000000228. The molecule has 6 heterocycles. The Morgan fingerprint density at radius 3 is 1.67 bits per heavy atom. The van der Waals surface area contributed by atoms with Gasteiger partial charge in [-0.1, -0.05) is 39.3 Å². The summed E-state index contributed by atoms with van der Waals surface area (Å²) in [7, 11) is -2.34. The number of amides is 2. The Bertz CT molecular complexity index is 2060. The average Bonchev–Trinajstić information content (AvgIpc) is 3.91. The molecule has 2 aliphatic rings. The van der Waals surface area contributed by atoms with E-state index in [-0.39, 0.29) is 24.3 Å². The summed E-state index contributed by atoms with van der Waals surface area (Å²) in [5.74, 6) is 1.62. The van der Waals surface area contributed by atoms with E-state index in [1.54, 1.807) is 22.2 Å². The number of carbonyl (C=O) groups is 2. The number of aromatic nitrogens is 6. The Morgan fingerprint density at radius 2 is 1.17 bits per heavy atom.